The van der Waals surface area contributed by atoms with E-state index in [1.54, 1.807) is 0 Å². The molecular formula is C18H22N2O. The van der Waals surface area contributed by atoms with E-state index in [4.69, 9.17) is 10.5 Å². The number of hydrogen-bond donors (Lipinski definition) is 1. The van der Waals surface area contributed by atoms with Gasteiger partial charge in [0.2, 0.25) is 0 Å². The Morgan fingerprint density at radius 1 is 1.10 bits per heavy atom. The molecule has 0 aromatic heterocycles. The van der Waals surface area contributed by atoms with E-state index in [1.165, 1.54) is 23.2 Å². The average Bonchev–Trinajstić information content (AvgIpc) is 2.55. The molecule has 3 rings (SSSR count). The highest BCUT2D eigenvalue weighted by molar-refractivity contribution is 5.56. The summed E-state index contributed by atoms with van der Waals surface area (Å²) in [6, 6.07) is 16.6. The Balaban J connectivity index is 1.62. The predicted molar refractivity (Wildman–Crippen MR) is 86.8 cm³/mol. The van der Waals surface area contributed by atoms with Crippen LogP contribution in [0.1, 0.15) is 17.5 Å². The van der Waals surface area contributed by atoms with Crippen molar-refractivity contribution in [2.75, 3.05) is 24.6 Å². The molecule has 2 aromatic carbocycles. The highest BCUT2D eigenvalue weighted by Crippen LogP contribution is 2.27. The molecule has 0 saturated carbocycles. The number of nitrogens with two attached hydrogens (primary N) is 1. The molecule has 21 heavy (non-hydrogen) atoms. The molecule has 0 spiro atoms. The summed E-state index contributed by atoms with van der Waals surface area (Å²) in [6.07, 6.45) is 2.35. The number of ether oxygens (including phenoxy) is 1. The topological polar surface area (TPSA) is 38.5 Å². The van der Waals surface area contributed by atoms with Crippen molar-refractivity contribution in [2.24, 2.45) is 5.73 Å². The minimum absolute atomic E-state index is 0.615. The molecule has 3 nitrogen and oxygen atoms in total. The molecule has 3 heteroatoms. The van der Waals surface area contributed by atoms with Crippen LogP contribution in [0.4, 0.5) is 5.69 Å². The van der Waals surface area contributed by atoms with E-state index >= 15 is 0 Å². The van der Waals surface area contributed by atoms with Crippen molar-refractivity contribution in [1.29, 1.82) is 0 Å². The van der Waals surface area contributed by atoms with Crippen LogP contribution in [0.25, 0.3) is 0 Å². The summed E-state index contributed by atoms with van der Waals surface area (Å²) in [5.41, 5.74) is 9.71. The lowest BCUT2D eigenvalue weighted by atomic mass is 9.99. The van der Waals surface area contributed by atoms with Crippen molar-refractivity contribution >= 4 is 5.69 Å². The molecule has 2 N–H and O–H groups in total. The number of aryl methyl sites for hydroxylation is 1. The van der Waals surface area contributed by atoms with E-state index in [2.05, 4.69) is 23.1 Å². The molecule has 0 aliphatic carbocycles. The van der Waals surface area contributed by atoms with E-state index in [9.17, 15) is 0 Å². The third kappa shape index (κ3) is 3.37. The van der Waals surface area contributed by atoms with Gasteiger partial charge in [0.25, 0.3) is 0 Å². The number of benzene rings is 2. The van der Waals surface area contributed by atoms with Gasteiger partial charge in [-0.1, -0.05) is 30.3 Å². The average molecular weight is 282 g/mol. The second-order valence-corrected chi connectivity index (χ2v) is 5.42. The minimum atomic E-state index is 0.615. The Bertz CT molecular complexity index is 583. The fourth-order valence-corrected chi connectivity index (χ4v) is 2.88. The lowest BCUT2D eigenvalue weighted by molar-refractivity contribution is 0.322. The SMILES string of the molecule is NCc1ccc2c(c1)CCCN2CCOc1ccccc1. The molecule has 0 fully saturated rings. The Kier molecular flexibility index (Phi) is 4.41. The number of rotatable bonds is 5. The van der Waals surface area contributed by atoms with Crippen molar-refractivity contribution in [3.8, 4) is 5.75 Å². The number of nitrogens with zero attached hydrogens (tertiary/aromatic N) is 1. The van der Waals surface area contributed by atoms with Gasteiger partial charge >= 0.3 is 0 Å². The summed E-state index contributed by atoms with van der Waals surface area (Å²) in [4.78, 5) is 2.42. The van der Waals surface area contributed by atoms with Gasteiger partial charge in [-0.25, -0.2) is 0 Å². The predicted octanol–water partition coefficient (Wildman–Crippen LogP) is 2.98. The van der Waals surface area contributed by atoms with Crippen LogP contribution in [-0.4, -0.2) is 19.7 Å². The minimum Gasteiger partial charge on any atom is -0.492 e. The third-order valence-corrected chi connectivity index (χ3v) is 3.97. The first-order valence-corrected chi connectivity index (χ1v) is 7.61. The second-order valence-electron chi connectivity index (χ2n) is 5.42. The molecule has 0 bridgehead atoms. The van der Waals surface area contributed by atoms with E-state index in [-0.39, 0.29) is 0 Å². The summed E-state index contributed by atoms with van der Waals surface area (Å²) in [7, 11) is 0. The van der Waals surface area contributed by atoms with E-state index in [0.717, 1.165) is 25.3 Å². The quantitative estimate of drug-likeness (QED) is 0.916. The van der Waals surface area contributed by atoms with Gasteiger partial charge in [0, 0.05) is 18.8 Å². The van der Waals surface area contributed by atoms with E-state index < -0.39 is 0 Å². The largest absolute Gasteiger partial charge is 0.492 e. The smallest absolute Gasteiger partial charge is 0.119 e. The Morgan fingerprint density at radius 3 is 2.76 bits per heavy atom. The molecule has 1 heterocycles. The summed E-state index contributed by atoms with van der Waals surface area (Å²) in [6.45, 7) is 3.35. The van der Waals surface area contributed by atoms with Crippen LogP contribution >= 0.6 is 0 Å². The Morgan fingerprint density at radius 2 is 1.95 bits per heavy atom. The fourth-order valence-electron chi connectivity index (χ4n) is 2.88. The highest BCUT2D eigenvalue weighted by Gasteiger charge is 2.16. The van der Waals surface area contributed by atoms with Gasteiger partial charge in [-0.15, -0.1) is 0 Å². The molecule has 0 unspecified atom stereocenters. The van der Waals surface area contributed by atoms with Crippen LogP contribution in [0.3, 0.4) is 0 Å². The van der Waals surface area contributed by atoms with Crippen molar-refractivity contribution in [1.82, 2.24) is 0 Å². The first-order chi connectivity index (χ1) is 10.4. The van der Waals surface area contributed by atoms with Gasteiger partial charge in [0.1, 0.15) is 12.4 Å². The molecule has 0 atom stereocenters. The zero-order chi connectivity index (χ0) is 14.5. The molecule has 1 aliphatic rings. The van der Waals surface area contributed by atoms with Gasteiger partial charge in [-0.2, -0.15) is 0 Å². The number of fused-ring (bicyclic) bond motifs is 1. The molecule has 0 amide bonds. The van der Waals surface area contributed by atoms with Crippen LogP contribution in [0.5, 0.6) is 5.75 Å². The van der Waals surface area contributed by atoms with Crippen LogP contribution in [-0.2, 0) is 13.0 Å². The second kappa shape index (κ2) is 6.64. The van der Waals surface area contributed by atoms with Gasteiger partial charge in [-0.05, 0) is 42.2 Å². The number of para-hydroxylation sites is 1. The fraction of sp³-hybridized carbons (Fsp3) is 0.333. The van der Waals surface area contributed by atoms with Crippen molar-refractivity contribution in [2.45, 2.75) is 19.4 Å². The van der Waals surface area contributed by atoms with Gasteiger partial charge in [0.05, 0.1) is 6.54 Å². The highest BCUT2D eigenvalue weighted by atomic mass is 16.5. The normalized spacial score (nSPS) is 13.9. The lowest BCUT2D eigenvalue weighted by Crippen LogP contribution is -2.33. The lowest BCUT2D eigenvalue weighted by Gasteiger charge is -2.31. The third-order valence-electron chi connectivity index (χ3n) is 3.97. The van der Waals surface area contributed by atoms with Gasteiger partial charge in [0.15, 0.2) is 0 Å². The van der Waals surface area contributed by atoms with Crippen LogP contribution in [0.15, 0.2) is 48.5 Å². The zero-order valence-electron chi connectivity index (χ0n) is 12.3. The zero-order valence-corrected chi connectivity index (χ0v) is 12.3. The van der Waals surface area contributed by atoms with Crippen LogP contribution in [0.2, 0.25) is 0 Å². The van der Waals surface area contributed by atoms with Crippen molar-refractivity contribution in [3.63, 3.8) is 0 Å². The molecule has 2 aromatic rings. The molecule has 0 saturated heterocycles. The van der Waals surface area contributed by atoms with Crippen molar-refractivity contribution in [3.05, 3.63) is 59.7 Å². The Labute approximate surface area is 126 Å². The number of hydrogen-bond acceptors (Lipinski definition) is 3. The summed E-state index contributed by atoms with van der Waals surface area (Å²) >= 11 is 0. The van der Waals surface area contributed by atoms with Gasteiger partial charge < -0.3 is 15.4 Å². The van der Waals surface area contributed by atoms with E-state index in [1.807, 2.05) is 30.3 Å². The Hall–Kier alpha value is -2.00. The summed E-state index contributed by atoms with van der Waals surface area (Å²) in [5, 5.41) is 0. The van der Waals surface area contributed by atoms with Crippen LogP contribution < -0.4 is 15.4 Å². The maximum Gasteiger partial charge on any atom is 0.119 e. The van der Waals surface area contributed by atoms with Crippen LogP contribution in [0, 0.1) is 0 Å². The first-order valence-electron chi connectivity index (χ1n) is 7.61. The number of anilines is 1. The standard InChI is InChI=1S/C18H22N2O/c19-14-15-8-9-18-16(13-15)5-4-10-20(18)11-12-21-17-6-2-1-3-7-17/h1-3,6-9,13H,4-5,10-12,14,19H2. The summed E-state index contributed by atoms with van der Waals surface area (Å²) in [5.74, 6) is 0.938. The monoisotopic (exact) mass is 282 g/mol. The first kappa shape index (κ1) is 14.0. The summed E-state index contributed by atoms with van der Waals surface area (Å²) < 4.78 is 5.81. The molecule has 1 aliphatic heterocycles. The molecule has 110 valence electrons. The molecular weight excluding hydrogens is 260 g/mol. The van der Waals surface area contributed by atoms with Gasteiger partial charge in [-0.3, -0.25) is 0 Å². The van der Waals surface area contributed by atoms with Crippen molar-refractivity contribution < 1.29 is 4.74 Å². The molecule has 0 radical (unpaired) electrons. The maximum absolute atomic E-state index is 5.81. The maximum atomic E-state index is 5.81. The van der Waals surface area contributed by atoms with E-state index in [0.29, 0.717) is 13.2 Å².